The average Bonchev–Trinajstić information content (AvgIpc) is 3.31. The highest BCUT2D eigenvalue weighted by atomic mass is 16.5. The summed E-state index contributed by atoms with van der Waals surface area (Å²) in [5.74, 6) is 0.565. The number of carbonyl (C=O) groups excluding carboxylic acids is 2. The Balaban J connectivity index is 1.65. The second-order valence-corrected chi connectivity index (χ2v) is 8.93. The summed E-state index contributed by atoms with van der Waals surface area (Å²) in [6.45, 7) is 6.19. The van der Waals surface area contributed by atoms with Crippen molar-refractivity contribution in [3.63, 3.8) is 0 Å². The zero-order valence-corrected chi connectivity index (χ0v) is 20.9. The average molecular weight is 489 g/mol. The van der Waals surface area contributed by atoms with Crippen molar-refractivity contribution in [3.05, 3.63) is 36.2 Å². The van der Waals surface area contributed by atoms with Gasteiger partial charge >= 0.3 is 12.0 Å². The molecule has 35 heavy (non-hydrogen) atoms. The number of methoxy groups -OCH3 is 1. The van der Waals surface area contributed by atoms with E-state index in [0.29, 0.717) is 50.5 Å². The lowest BCUT2D eigenvalue weighted by Gasteiger charge is -2.30. The van der Waals surface area contributed by atoms with E-state index in [9.17, 15) is 9.59 Å². The number of nitrogens with one attached hydrogen (secondary N) is 2. The zero-order valence-electron chi connectivity index (χ0n) is 20.9. The van der Waals surface area contributed by atoms with Gasteiger partial charge in [-0.1, -0.05) is 12.1 Å². The maximum Gasteiger partial charge on any atom is 0.321 e. The molecule has 0 radical (unpaired) electrons. The lowest BCUT2D eigenvalue weighted by atomic mass is 10.0. The van der Waals surface area contributed by atoms with E-state index in [1.165, 1.54) is 0 Å². The van der Waals surface area contributed by atoms with Gasteiger partial charge in [-0.05, 0) is 43.5 Å². The summed E-state index contributed by atoms with van der Waals surface area (Å²) in [5.41, 5.74) is 1.37. The first-order chi connectivity index (χ1) is 16.8. The molecule has 11 nitrogen and oxygen atoms in total. The van der Waals surface area contributed by atoms with E-state index in [1.807, 2.05) is 13.1 Å². The highest BCUT2D eigenvalue weighted by Gasteiger charge is 2.24. The predicted octanol–water partition coefficient (Wildman–Crippen LogP) is 2.29. The number of rotatable bonds is 4. The topological polar surface area (TPSA) is 120 Å². The Kier molecular flexibility index (Phi) is 9.86. The van der Waals surface area contributed by atoms with Crippen LogP contribution in [-0.2, 0) is 27.4 Å². The second kappa shape index (κ2) is 13.1. The molecule has 2 amide bonds. The predicted molar refractivity (Wildman–Crippen MR) is 130 cm³/mol. The first-order valence-electron chi connectivity index (χ1n) is 11.9. The number of aryl methyl sites for hydroxylation is 1. The molecule has 192 valence electrons. The van der Waals surface area contributed by atoms with Gasteiger partial charge in [-0.25, -0.2) is 4.79 Å². The van der Waals surface area contributed by atoms with Crippen LogP contribution < -0.4 is 15.4 Å². The molecule has 11 heteroatoms. The molecule has 0 spiro atoms. The largest absolute Gasteiger partial charge is 0.497 e. The van der Waals surface area contributed by atoms with Crippen molar-refractivity contribution in [2.24, 2.45) is 5.92 Å². The fourth-order valence-electron chi connectivity index (χ4n) is 3.60. The minimum Gasteiger partial charge on any atom is -0.497 e. The van der Waals surface area contributed by atoms with E-state index < -0.39 is 0 Å². The van der Waals surface area contributed by atoms with Crippen molar-refractivity contribution in [1.82, 2.24) is 25.2 Å². The monoisotopic (exact) mass is 488 g/mol. The van der Waals surface area contributed by atoms with E-state index in [2.05, 4.69) is 27.9 Å². The van der Waals surface area contributed by atoms with Gasteiger partial charge in [-0.15, -0.1) is 5.10 Å². The maximum absolute atomic E-state index is 12.8. The number of fused-ring (bicyclic) bond motifs is 2. The Bertz CT molecular complexity index is 950. The van der Waals surface area contributed by atoms with E-state index in [1.54, 1.807) is 48.0 Å². The van der Waals surface area contributed by atoms with Crippen LogP contribution in [0.25, 0.3) is 0 Å². The second-order valence-electron chi connectivity index (χ2n) is 8.93. The number of aromatic nitrogens is 3. The van der Waals surface area contributed by atoms with Crippen molar-refractivity contribution in [3.8, 4) is 5.75 Å². The molecule has 0 aliphatic carbocycles. The number of cyclic esters (lactones) is 1. The number of hydrogen-bond acceptors (Lipinski definition) is 8. The van der Waals surface area contributed by atoms with Crippen LogP contribution >= 0.6 is 0 Å². The highest BCUT2D eigenvalue weighted by molar-refractivity contribution is 5.89. The van der Waals surface area contributed by atoms with Crippen molar-refractivity contribution < 1.29 is 23.8 Å². The van der Waals surface area contributed by atoms with Crippen LogP contribution in [0.4, 0.5) is 10.5 Å². The molecule has 1 aliphatic rings. The van der Waals surface area contributed by atoms with Gasteiger partial charge in [0, 0.05) is 44.8 Å². The van der Waals surface area contributed by atoms with Crippen molar-refractivity contribution >= 4 is 17.7 Å². The van der Waals surface area contributed by atoms with Crippen molar-refractivity contribution in [1.29, 1.82) is 0 Å². The highest BCUT2D eigenvalue weighted by Crippen LogP contribution is 2.17. The molecule has 2 bridgehead atoms. The van der Waals surface area contributed by atoms with Crippen molar-refractivity contribution in [2.45, 2.75) is 52.0 Å². The molecule has 2 N–H and O–H groups in total. The number of carbonyl (C=O) groups is 2. The lowest BCUT2D eigenvalue weighted by Crippen LogP contribution is -2.44. The van der Waals surface area contributed by atoms with Gasteiger partial charge in [0.1, 0.15) is 18.1 Å². The molecule has 0 unspecified atom stereocenters. The van der Waals surface area contributed by atoms with Gasteiger partial charge in [0.2, 0.25) is 0 Å². The number of amides is 2. The number of esters is 1. The van der Waals surface area contributed by atoms with Gasteiger partial charge < -0.3 is 29.7 Å². The number of benzene rings is 1. The van der Waals surface area contributed by atoms with Crippen molar-refractivity contribution in [2.75, 3.05) is 39.2 Å². The fourth-order valence-corrected chi connectivity index (χ4v) is 3.60. The standard InChI is InChI=1S/C24H36N6O5/c1-17-12-25-18(2)15-35-23(31)6-5-11-30-13-20(27-28-30)16-34-22(17)14-29(3)24(32)26-19-7-9-21(33-4)10-8-19/h7-10,13,17-18,22,25H,5-6,11-12,14-16H2,1-4H3,(H,26,32)/t17-,18-,22-/m1/s1. The third-order valence-electron chi connectivity index (χ3n) is 5.86. The Morgan fingerprint density at radius 1 is 1.31 bits per heavy atom. The number of urea groups is 1. The van der Waals surface area contributed by atoms with Gasteiger partial charge in [0.15, 0.2) is 0 Å². The van der Waals surface area contributed by atoms with Crippen LogP contribution in [0.1, 0.15) is 32.4 Å². The third kappa shape index (κ3) is 8.52. The van der Waals surface area contributed by atoms with Crippen LogP contribution in [0.3, 0.4) is 0 Å². The summed E-state index contributed by atoms with van der Waals surface area (Å²) in [7, 11) is 3.33. The van der Waals surface area contributed by atoms with Crippen LogP contribution in [0.15, 0.2) is 30.5 Å². The molecule has 3 rings (SSSR count). The van der Waals surface area contributed by atoms with Gasteiger partial charge in [-0.3, -0.25) is 9.48 Å². The molecular weight excluding hydrogens is 452 g/mol. The maximum atomic E-state index is 12.8. The molecule has 0 saturated carbocycles. The molecule has 1 aromatic heterocycles. The molecule has 2 heterocycles. The first kappa shape index (κ1) is 26.4. The van der Waals surface area contributed by atoms with Gasteiger partial charge in [0.05, 0.1) is 26.0 Å². The van der Waals surface area contributed by atoms with E-state index >= 15 is 0 Å². The quantitative estimate of drug-likeness (QED) is 0.629. The van der Waals surface area contributed by atoms with Crippen LogP contribution in [0, 0.1) is 5.92 Å². The molecule has 1 aliphatic heterocycles. The van der Waals surface area contributed by atoms with E-state index in [-0.39, 0.29) is 36.7 Å². The lowest BCUT2D eigenvalue weighted by molar-refractivity contribution is -0.144. The SMILES string of the molecule is COc1ccc(NC(=O)N(C)C[C@H]2OCc3cn(nn3)CCCC(=O)OC[C@@H](C)NC[C@H]2C)cc1. The first-order valence-corrected chi connectivity index (χ1v) is 11.9. The molecule has 1 aromatic carbocycles. The molecule has 0 fully saturated rings. The Hall–Kier alpha value is -3.18. The normalized spacial score (nSPS) is 22.2. The number of nitrogens with zero attached hydrogens (tertiary/aromatic N) is 4. The molecular formula is C24H36N6O5. The summed E-state index contributed by atoms with van der Waals surface area (Å²) < 4.78 is 18.5. The van der Waals surface area contributed by atoms with Crippen LogP contribution in [-0.4, -0.2) is 77.9 Å². The summed E-state index contributed by atoms with van der Waals surface area (Å²) in [5, 5.41) is 14.6. The fraction of sp³-hybridized carbons (Fsp3) is 0.583. The minimum atomic E-state index is -0.262. The summed E-state index contributed by atoms with van der Waals surface area (Å²) in [4.78, 5) is 26.4. The van der Waals surface area contributed by atoms with Gasteiger partial charge in [-0.2, -0.15) is 0 Å². The number of ether oxygens (including phenoxy) is 3. The van der Waals surface area contributed by atoms with Crippen LogP contribution in [0.5, 0.6) is 5.75 Å². The zero-order chi connectivity index (χ0) is 25.2. The molecule has 3 atom stereocenters. The third-order valence-corrected chi connectivity index (χ3v) is 5.86. The Morgan fingerprint density at radius 2 is 2.09 bits per heavy atom. The molecule has 0 saturated heterocycles. The van der Waals surface area contributed by atoms with Gasteiger partial charge in [0.25, 0.3) is 0 Å². The number of likely N-dealkylation sites (N-methyl/N-ethyl adjacent to an activating group) is 1. The smallest absolute Gasteiger partial charge is 0.321 e. The summed E-state index contributed by atoms with van der Waals surface area (Å²) in [6.07, 6.45) is 2.51. The Morgan fingerprint density at radius 3 is 2.83 bits per heavy atom. The number of anilines is 1. The van der Waals surface area contributed by atoms with E-state index in [4.69, 9.17) is 14.2 Å². The Labute approximate surface area is 206 Å². The summed E-state index contributed by atoms with van der Waals surface area (Å²) in [6, 6.07) is 6.92. The van der Waals surface area contributed by atoms with E-state index in [0.717, 1.165) is 5.75 Å². The summed E-state index contributed by atoms with van der Waals surface area (Å²) >= 11 is 0. The minimum absolute atomic E-state index is 0.00121. The van der Waals surface area contributed by atoms with Crippen LogP contribution in [0.2, 0.25) is 0 Å². The number of hydrogen-bond donors (Lipinski definition) is 2. The molecule has 2 aromatic rings.